The third-order valence-electron chi connectivity index (χ3n) is 4.44. The molecule has 19 heavy (non-hydrogen) atoms. The molecule has 0 bridgehead atoms. The molecule has 0 radical (unpaired) electrons. The molecule has 0 amide bonds. The van der Waals surface area contributed by atoms with Crippen molar-refractivity contribution in [2.24, 2.45) is 11.3 Å². The number of aliphatic hydroxyl groups is 1. The number of para-hydroxylation sites is 1. The summed E-state index contributed by atoms with van der Waals surface area (Å²) in [6.45, 7) is 11.2. The van der Waals surface area contributed by atoms with Gasteiger partial charge in [0, 0.05) is 24.3 Å². The topological polar surface area (TPSA) is 23.5 Å². The predicted molar refractivity (Wildman–Crippen MR) is 81.5 cm³/mol. The van der Waals surface area contributed by atoms with Crippen LogP contribution in [-0.4, -0.2) is 18.2 Å². The lowest BCUT2D eigenvalue weighted by molar-refractivity contribution is 0.174. The first kappa shape index (κ1) is 14.4. The lowest BCUT2D eigenvalue weighted by Gasteiger charge is -2.28. The third kappa shape index (κ3) is 3.11. The fourth-order valence-corrected chi connectivity index (χ4v) is 2.96. The Morgan fingerprint density at radius 3 is 2.58 bits per heavy atom. The van der Waals surface area contributed by atoms with E-state index in [0.717, 1.165) is 31.0 Å². The minimum atomic E-state index is -0.343. The molecule has 1 aromatic rings. The number of rotatable bonds is 3. The maximum absolute atomic E-state index is 10.2. The van der Waals surface area contributed by atoms with Gasteiger partial charge in [-0.05, 0) is 30.2 Å². The highest BCUT2D eigenvalue weighted by Gasteiger charge is 2.32. The highest BCUT2D eigenvalue weighted by molar-refractivity contribution is 5.55. The third-order valence-corrected chi connectivity index (χ3v) is 4.44. The van der Waals surface area contributed by atoms with E-state index in [1.165, 1.54) is 12.1 Å². The number of aliphatic hydroxyl groups excluding tert-OH is 1. The van der Waals surface area contributed by atoms with Gasteiger partial charge in [-0.2, -0.15) is 0 Å². The van der Waals surface area contributed by atoms with Crippen molar-refractivity contribution in [2.75, 3.05) is 18.0 Å². The Hall–Kier alpha value is -1.02. The van der Waals surface area contributed by atoms with Crippen molar-refractivity contribution in [1.82, 2.24) is 0 Å². The Kier molecular flexibility index (Phi) is 4.19. The normalized spacial score (nSPS) is 21.7. The Bertz CT molecular complexity index is 422. The predicted octanol–water partition coefficient (Wildman–Crippen LogP) is 4.00. The van der Waals surface area contributed by atoms with E-state index in [1.54, 1.807) is 0 Å². The maximum atomic E-state index is 10.2. The molecule has 0 aliphatic carbocycles. The Labute approximate surface area is 117 Å². The Morgan fingerprint density at radius 2 is 2.00 bits per heavy atom. The van der Waals surface area contributed by atoms with Crippen LogP contribution in [0.1, 0.15) is 52.2 Å². The average molecular weight is 261 g/mol. The van der Waals surface area contributed by atoms with E-state index in [-0.39, 0.29) is 6.10 Å². The van der Waals surface area contributed by atoms with Crippen LogP contribution in [0, 0.1) is 11.3 Å². The van der Waals surface area contributed by atoms with Crippen LogP contribution in [-0.2, 0) is 0 Å². The van der Waals surface area contributed by atoms with Crippen molar-refractivity contribution < 1.29 is 5.11 Å². The van der Waals surface area contributed by atoms with Gasteiger partial charge in [0.1, 0.15) is 0 Å². The maximum Gasteiger partial charge on any atom is 0.0807 e. The number of benzene rings is 1. The second-order valence-corrected chi connectivity index (χ2v) is 6.78. The highest BCUT2D eigenvalue weighted by Crippen LogP contribution is 2.37. The van der Waals surface area contributed by atoms with Crippen LogP contribution < -0.4 is 4.90 Å². The standard InChI is InChI=1S/C17H27NO/c1-5-16(19)14-8-6-7-9-15(14)18-11-10-13(12-18)17(2,3)4/h6-9,13,16,19H,5,10-12H2,1-4H3. The zero-order valence-electron chi connectivity index (χ0n) is 12.7. The van der Waals surface area contributed by atoms with Crippen LogP contribution in [0.25, 0.3) is 0 Å². The van der Waals surface area contributed by atoms with Crippen molar-refractivity contribution in [3.8, 4) is 0 Å². The lowest BCUT2D eigenvalue weighted by atomic mass is 9.80. The van der Waals surface area contributed by atoms with Crippen molar-refractivity contribution in [3.05, 3.63) is 29.8 Å². The summed E-state index contributed by atoms with van der Waals surface area (Å²) >= 11 is 0. The summed E-state index contributed by atoms with van der Waals surface area (Å²) in [4.78, 5) is 2.45. The summed E-state index contributed by atoms with van der Waals surface area (Å²) in [6, 6.07) is 8.31. The summed E-state index contributed by atoms with van der Waals surface area (Å²) < 4.78 is 0. The quantitative estimate of drug-likeness (QED) is 0.889. The van der Waals surface area contributed by atoms with Crippen molar-refractivity contribution >= 4 is 5.69 Å². The first-order chi connectivity index (χ1) is 8.93. The highest BCUT2D eigenvalue weighted by atomic mass is 16.3. The van der Waals surface area contributed by atoms with Crippen molar-refractivity contribution in [3.63, 3.8) is 0 Å². The van der Waals surface area contributed by atoms with Gasteiger partial charge in [-0.15, -0.1) is 0 Å². The van der Waals surface area contributed by atoms with Gasteiger partial charge in [0.05, 0.1) is 6.10 Å². The molecular formula is C17H27NO. The Balaban J connectivity index is 2.20. The van der Waals surface area contributed by atoms with E-state index < -0.39 is 0 Å². The second kappa shape index (κ2) is 5.54. The van der Waals surface area contributed by atoms with Gasteiger partial charge in [-0.3, -0.25) is 0 Å². The molecule has 1 fully saturated rings. The molecule has 1 N–H and O–H groups in total. The Morgan fingerprint density at radius 1 is 1.32 bits per heavy atom. The number of hydrogen-bond acceptors (Lipinski definition) is 2. The molecule has 2 nitrogen and oxygen atoms in total. The van der Waals surface area contributed by atoms with Gasteiger partial charge in [0.25, 0.3) is 0 Å². The van der Waals surface area contributed by atoms with Gasteiger partial charge in [-0.25, -0.2) is 0 Å². The van der Waals surface area contributed by atoms with E-state index in [0.29, 0.717) is 5.41 Å². The summed E-state index contributed by atoms with van der Waals surface area (Å²) in [6.07, 6.45) is 1.68. The molecule has 1 heterocycles. The van der Waals surface area contributed by atoms with Gasteiger partial charge >= 0.3 is 0 Å². The number of hydrogen-bond donors (Lipinski definition) is 1. The minimum absolute atomic E-state index is 0.343. The van der Waals surface area contributed by atoms with Crippen LogP contribution >= 0.6 is 0 Å². The molecule has 1 aliphatic heterocycles. The summed E-state index contributed by atoms with van der Waals surface area (Å²) in [5.74, 6) is 0.735. The first-order valence-corrected chi connectivity index (χ1v) is 7.45. The summed E-state index contributed by atoms with van der Waals surface area (Å²) in [5, 5.41) is 10.2. The summed E-state index contributed by atoms with van der Waals surface area (Å²) in [5.41, 5.74) is 2.68. The van der Waals surface area contributed by atoms with E-state index in [9.17, 15) is 5.11 Å². The summed E-state index contributed by atoms with van der Waals surface area (Å²) in [7, 11) is 0. The van der Waals surface area contributed by atoms with Crippen LogP contribution in [0.5, 0.6) is 0 Å². The smallest absolute Gasteiger partial charge is 0.0807 e. The van der Waals surface area contributed by atoms with Crippen LogP contribution in [0.15, 0.2) is 24.3 Å². The van der Waals surface area contributed by atoms with Crippen LogP contribution in [0.3, 0.4) is 0 Å². The number of nitrogens with zero attached hydrogens (tertiary/aromatic N) is 1. The fourth-order valence-electron chi connectivity index (χ4n) is 2.96. The van der Waals surface area contributed by atoms with E-state index >= 15 is 0 Å². The van der Waals surface area contributed by atoms with E-state index in [1.807, 2.05) is 13.0 Å². The monoisotopic (exact) mass is 261 g/mol. The zero-order chi connectivity index (χ0) is 14.0. The SMILES string of the molecule is CCC(O)c1ccccc1N1CCC(C(C)(C)C)C1. The molecule has 106 valence electrons. The van der Waals surface area contributed by atoms with Crippen molar-refractivity contribution in [2.45, 2.75) is 46.6 Å². The van der Waals surface area contributed by atoms with Gasteiger partial charge in [-0.1, -0.05) is 45.9 Å². The molecule has 0 spiro atoms. The van der Waals surface area contributed by atoms with Gasteiger partial charge in [0.2, 0.25) is 0 Å². The van der Waals surface area contributed by atoms with E-state index in [2.05, 4.69) is 43.9 Å². The molecule has 2 unspecified atom stereocenters. The van der Waals surface area contributed by atoms with Crippen molar-refractivity contribution in [1.29, 1.82) is 0 Å². The minimum Gasteiger partial charge on any atom is -0.388 e. The van der Waals surface area contributed by atoms with E-state index in [4.69, 9.17) is 0 Å². The molecule has 1 aliphatic rings. The largest absolute Gasteiger partial charge is 0.388 e. The molecule has 2 heteroatoms. The molecule has 2 rings (SSSR count). The number of anilines is 1. The van der Waals surface area contributed by atoms with Gasteiger partial charge in [0.15, 0.2) is 0 Å². The molecule has 0 saturated carbocycles. The molecule has 1 aromatic carbocycles. The van der Waals surface area contributed by atoms with Crippen LogP contribution in [0.2, 0.25) is 0 Å². The molecular weight excluding hydrogens is 234 g/mol. The molecule has 1 saturated heterocycles. The first-order valence-electron chi connectivity index (χ1n) is 7.45. The lowest BCUT2D eigenvalue weighted by Crippen LogP contribution is -2.26. The molecule has 0 aromatic heterocycles. The molecule has 2 atom stereocenters. The fraction of sp³-hybridized carbons (Fsp3) is 0.647. The zero-order valence-corrected chi connectivity index (χ0v) is 12.7. The van der Waals surface area contributed by atoms with Gasteiger partial charge < -0.3 is 10.0 Å². The second-order valence-electron chi connectivity index (χ2n) is 6.78. The van der Waals surface area contributed by atoms with Crippen LogP contribution in [0.4, 0.5) is 5.69 Å². The average Bonchev–Trinajstić information content (AvgIpc) is 2.87.